The lowest BCUT2D eigenvalue weighted by atomic mass is 10.1. The van der Waals surface area contributed by atoms with Crippen molar-refractivity contribution in [3.05, 3.63) is 53.1 Å². The van der Waals surface area contributed by atoms with Gasteiger partial charge in [0, 0.05) is 12.2 Å². The van der Waals surface area contributed by atoms with Crippen LogP contribution in [0.25, 0.3) is 0 Å². The molecule has 2 N–H and O–H groups in total. The molecule has 2 aromatic carbocycles. The first-order chi connectivity index (χ1) is 11.1. The first-order valence-electron chi connectivity index (χ1n) is 7.62. The van der Waals surface area contributed by atoms with Gasteiger partial charge in [-0.3, -0.25) is 0 Å². The molecule has 0 atom stereocenters. The van der Waals surface area contributed by atoms with Crippen molar-refractivity contribution in [2.24, 2.45) is 0 Å². The van der Waals surface area contributed by atoms with Crippen molar-refractivity contribution in [2.75, 3.05) is 18.7 Å². The Balaban J connectivity index is 1.48. The van der Waals surface area contributed by atoms with Gasteiger partial charge in [-0.15, -0.1) is 0 Å². The van der Waals surface area contributed by atoms with E-state index in [1.807, 2.05) is 50.2 Å². The van der Waals surface area contributed by atoms with E-state index in [0.29, 0.717) is 6.54 Å². The predicted molar refractivity (Wildman–Crippen MR) is 89.2 cm³/mol. The highest BCUT2D eigenvalue weighted by Crippen LogP contribution is 2.32. The van der Waals surface area contributed by atoms with E-state index in [1.54, 1.807) is 0 Å². The van der Waals surface area contributed by atoms with Gasteiger partial charge >= 0.3 is 6.03 Å². The number of nitrogens with one attached hydrogen (secondary N) is 2. The first kappa shape index (κ1) is 15.2. The molecule has 0 saturated heterocycles. The van der Waals surface area contributed by atoms with Crippen LogP contribution in [0, 0.1) is 13.8 Å². The molecule has 0 aliphatic carbocycles. The maximum absolute atomic E-state index is 11.9. The van der Waals surface area contributed by atoms with Gasteiger partial charge in [-0.2, -0.15) is 0 Å². The molecule has 5 heteroatoms. The minimum Gasteiger partial charge on any atom is -0.454 e. The second-order valence-electron chi connectivity index (χ2n) is 5.62. The molecule has 3 rings (SSSR count). The maximum Gasteiger partial charge on any atom is 0.319 e. The van der Waals surface area contributed by atoms with Crippen LogP contribution < -0.4 is 20.1 Å². The van der Waals surface area contributed by atoms with E-state index in [0.717, 1.165) is 34.7 Å². The van der Waals surface area contributed by atoms with Gasteiger partial charge in [0.25, 0.3) is 0 Å². The lowest BCUT2D eigenvalue weighted by molar-refractivity contribution is 0.174. The van der Waals surface area contributed by atoms with Crippen molar-refractivity contribution in [3.63, 3.8) is 0 Å². The molecule has 0 aromatic heterocycles. The van der Waals surface area contributed by atoms with Gasteiger partial charge in [0.15, 0.2) is 11.5 Å². The van der Waals surface area contributed by atoms with Gasteiger partial charge in [-0.1, -0.05) is 12.1 Å². The van der Waals surface area contributed by atoms with Crippen LogP contribution in [0.4, 0.5) is 10.5 Å². The van der Waals surface area contributed by atoms with Crippen LogP contribution in [0.1, 0.15) is 16.7 Å². The molecule has 23 heavy (non-hydrogen) atoms. The Bertz CT molecular complexity index is 728. The summed E-state index contributed by atoms with van der Waals surface area (Å²) in [5.41, 5.74) is 4.26. The summed E-state index contributed by atoms with van der Waals surface area (Å²) >= 11 is 0. The molecule has 1 aliphatic heterocycles. The van der Waals surface area contributed by atoms with Crippen LogP contribution in [0.3, 0.4) is 0 Å². The number of carbonyl (C=O) groups excluding carboxylic acids is 1. The number of urea groups is 1. The van der Waals surface area contributed by atoms with E-state index < -0.39 is 0 Å². The van der Waals surface area contributed by atoms with Crippen LogP contribution in [0.2, 0.25) is 0 Å². The fourth-order valence-corrected chi connectivity index (χ4v) is 2.41. The molecule has 1 heterocycles. The van der Waals surface area contributed by atoms with Crippen molar-refractivity contribution >= 4 is 11.7 Å². The molecule has 1 aliphatic rings. The molecular weight excluding hydrogens is 292 g/mol. The smallest absolute Gasteiger partial charge is 0.319 e. The molecule has 120 valence electrons. The maximum atomic E-state index is 11.9. The molecule has 0 saturated carbocycles. The third-order valence-electron chi connectivity index (χ3n) is 3.90. The Hall–Kier alpha value is -2.69. The number of ether oxygens (including phenoxy) is 2. The molecule has 0 unspecified atom stereocenters. The molecule has 0 fully saturated rings. The molecule has 0 spiro atoms. The van der Waals surface area contributed by atoms with Gasteiger partial charge in [0.2, 0.25) is 6.79 Å². The highest BCUT2D eigenvalue weighted by molar-refractivity contribution is 5.89. The molecule has 2 aromatic rings. The van der Waals surface area contributed by atoms with Crippen LogP contribution in [0.5, 0.6) is 11.5 Å². The zero-order valence-corrected chi connectivity index (χ0v) is 13.3. The number of hydrogen-bond acceptors (Lipinski definition) is 3. The van der Waals surface area contributed by atoms with E-state index in [9.17, 15) is 4.79 Å². The SMILES string of the molecule is Cc1ccc(NC(=O)NCCc2ccc3c(c2)OCO3)cc1C. The summed E-state index contributed by atoms with van der Waals surface area (Å²) in [6.45, 7) is 4.90. The second kappa shape index (κ2) is 6.60. The number of benzene rings is 2. The predicted octanol–water partition coefficient (Wildman–Crippen LogP) is 3.40. The summed E-state index contributed by atoms with van der Waals surface area (Å²) in [6.07, 6.45) is 0.733. The molecule has 2 amide bonds. The number of hydrogen-bond donors (Lipinski definition) is 2. The third kappa shape index (κ3) is 3.74. The fourth-order valence-electron chi connectivity index (χ4n) is 2.41. The summed E-state index contributed by atoms with van der Waals surface area (Å²) in [4.78, 5) is 11.9. The van der Waals surface area contributed by atoms with E-state index >= 15 is 0 Å². The van der Waals surface area contributed by atoms with E-state index in [1.165, 1.54) is 5.56 Å². The summed E-state index contributed by atoms with van der Waals surface area (Å²) in [5, 5.41) is 5.70. The van der Waals surface area contributed by atoms with Crippen LogP contribution in [0.15, 0.2) is 36.4 Å². The average molecular weight is 312 g/mol. The van der Waals surface area contributed by atoms with E-state index in [-0.39, 0.29) is 12.8 Å². The Morgan fingerprint density at radius 3 is 2.70 bits per heavy atom. The molecule has 0 bridgehead atoms. The summed E-state index contributed by atoms with van der Waals surface area (Å²) in [6, 6.07) is 11.5. The average Bonchev–Trinajstić information content (AvgIpc) is 2.98. The summed E-state index contributed by atoms with van der Waals surface area (Å²) < 4.78 is 10.6. The van der Waals surface area contributed by atoms with Crippen LogP contribution >= 0.6 is 0 Å². The van der Waals surface area contributed by atoms with E-state index in [4.69, 9.17) is 9.47 Å². The quantitative estimate of drug-likeness (QED) is 0.909. The second-order valence-corrected chi connectivity index (χ2v) is 5.62. The zero-order valence-electron chi connectivity index (χ0n) is 13.3. The minimum absolute atomic E-state index is 0.200. The third-order valence-corrected chi connectivity index (χ3v) is 3.90. The van der Waals surface area contributed by atoms with Gasteiger partial charge in [-0.05, 0) is 61.2 Å². The number of carbonyl (C=O) groups is 1. The zero-order chi connectivity index (χ0) is 16.2. The van der Waals surface area contributed by atoms with Gasteiger partial charge in [0.1, 0.15) is 0 Å². The Morgan fingerprint density at radius 2 is 1.87 bits per heavy atom. The number of rotatable bonds is 4. The van der Waals surface area contributed by atoms with Crippen molar-refractivity contribution in [1.82, 2.24) is 5.32 Å². The number of anilines is 1. The topological polar surface area (TPSA) is 59.6 Å². The van der Waals surface area contributed by atoms with Gasteiger partial charge < -0.3 is 20.1 Å². The monoisotopic (exact) mass is 312 g/mol. The lowest BCUT2D eigenvalue weighted by Gasteiger charge is -2.09. The fraction of sp³-hybridized carbons (Fsp3) is 0.278. The van der Waals surface area contributed by atoms with Crippen LogP contribution in [-0.2, 0) is 6.42 Å². The Kier molecular flexibility index (Phi) is 4.37. The number of amides is 2. The minimum atomic E-state index is -0.200. The van der Waals surface area contributed by atoms with Gasteiger partial charge in [-0.25, -0.2) is 4.79 Å². The number of aryl methyl sites for hydroxylation is 2. The summed E-state index contributed by atoms with van der Waals surface area (Å²) in [5.74, 6) is 1.54. The molecule has 5 nitrogen and oxygen atoms in total. The largest absolute Gasteiger partial charge is 0.454 e. The van der Waals surface area contributed by atoms with Crippen molar-refractivity contribution in [1.29, 1.82) is 0 Å². The Morgan fingerprint density at radius 1 is 1.04 bits per heavy atom. The van der Waals surface area contributed by atoms with Crippen LogP contribution in [-0.4, -0.2) is 19.4 Å². The molecular formula is C18H20N2O3. The lowest BCUT2D eigenvalue weighted by Crippen LogP contribution is -2.30. The standard InChI is InChI=1S/C18H20N2O3/c1-12-3-5-15(9-13(12)2)20-18(21)19-8-7-14-4-6-16-17(10-14)23-11-22-16/h3-6,9-10H,7-8,11H2,1-2H3,(H2,19,20,21). The Labute approximate surface area is 135 Å². The van der Waals surface area contributed by atoms with Crippen molar-refractivity contribution in [2.45, 2.75) is 20.3 Å². The van der Waals surface area contributed by atoms with Gasteiger partial charge in [0.05, 0.1) is 0 Å². The number of fused-ring (bicyclic) bond motifs is 1. The highest BCUT2D eigenvalue weighted by Gasteiger charge is 2.13. The summed E-state index contributed by atoms with van der Waals surface area (Å²) in [7, 11) is 0. The van der Waals surface area contributed by atoms with E-state index in [2.05, 4.69) is 10.6 Å². The van der Waals surface area contributed by atoms with Crippen molar-refractivity contribution < 1.29 is 14.3 Å². The van der Waals surface area contributed by atoms with Crippen molar-refractivity contribution in [3.8, 4) is 11.5 Å². The normalized spacial score (nSPS) is 12.1. The molecule has 0 radical (unpaired) electrons. The highest BCUT2D eigenvalue weighted by atomic mass is 16.7. The first-order valence-corrected chi connectivity index (χ1v) is 7.62.